The molecule has 1 heterocycles. The van der Waals surface area contributed by atoms with Crippen molar-refractivity contribution in [2.45, 2.75) is 23.6 Å². The third-order valence-electron chi connectivity index (χ3n) is 3.12. The maximum absolute atomic E-state index is 12.3. The minimum atomic E-state index is -0.0777. The van der Waals surface area contributed by atoms with E-state index < -0.39 is 0 Å². The summed E-state index contributed by atoms with van der Waals surface area (Å²) in [6, 6.07) is 8.05. The van der Waals surface area contributed by atoms with Crippen molar-refractivity contribution < 1.29 is 9.53 Å². The van der Waals surface area contributed by atoms with Gasteiger partial charge in [-0.2, -0.15) is 0 Å². The van der Waals surface area contributed by atoms with E-state index in [9.17, 15) is 4.79 Å². The van der Waals surface area contributed by atoms with Crippen molar-refractivity contribution in [3.8, 4) is 0 Å². The third-order valence-corrected chi connectivity index (χ3v) is 4.20. The van der Waals surface area contributed by atoms with Crippen LogP contribution in [0, 0.1) is 0 Å². The number of hydrogen-bond donors (Lipinski definition) is 1. The molecule has 1 unspecified atom stereocenters. The molecule has 0 bridgehead atoms. The lowest BCUT2D eigenvalue weighted by Gasteiger charge is -2.29. The number of carbonyl (C=O) groups is 1. The lowest BCUT2D eigenvalue weighted by molar-refractivity contribution is -0.134. The molecule has 19 heavy (non-hydrogen) atoms. The zero-order chi connectivity index (χ0) is 13.7. The molecular formula is C14H20N2O2S. The van der Waals surface area contributed by atoms with Crippen LogP contribution >= 0.6 is 11.8 Å². The van der Waals surface area contributed by atoms with Gasteiger partial charge in [-0.05, 0) is 24.6 Å². The molecule has 1 atom stereocenters. The first-order valence-electron chi connectivity index (χ1n) is 6.53. The number of thioether (sulfide) groups is 1. The Kier molecular flexibility index (Phi) is 5.24. The van der Waals surface area contributed by atoms with Crippen LogP contribution in [0.25, 0.3) is 0 Å². The second-order valence-corrected chi connectivity index (χ2v) is 5.96. The van der Waals surface area contributed by atoms with Crippen LogP contribution in [0.5, 0.6) is 0 Å². The number of nitrogens with zero attached hydrogens (tertiary/aromatic N) is 1. The summed E-state index contributed by atoms with van der Waals surface area (Å²) in [4.78, 5) is 15.3. The molecule has 104 valence electrons. The highest BCUT2D eigenvalue weighted by Gasteiger charge is 2.23. The van der Waals surface area contributed by atoms with E-state index in [0.717, 1.165) is 10.5 Å². The van der Waals surface area contributed by atoms with Crippen molar-refractivity contribution in [3.05, 3.63) is 29.8 Å². The van der Waals surface area contributed by atoms with Crippen LogP contribution in [-0.4, -0.2) is 42.4 Å². The summed E-state index contributed by atoms with van der Waals surface area (Å²) >= 11 is 1.59. The number of nitrogens with two attached hydrogens (primary N) is 1. The molecule has 0 saturated carbocycles. The molecule has 1 aromatic rings. The van der Waals surface area contributed by atoms with Gasteiger partial charge in [0.25, 0.3) is 0 Å². The monoisotopic (exact) mass is 280 g/mol. The number of amides is 1. The fourth-order valence-corrected chi connectivity index (χ4v) is 3.08. The number of rotatable bonds is 4. The SMILES string of the molecule is CC(Sc1cccc(CN)c1)C(=O)N1CCOCC1. The van der Waals surface area contributed by atoms with E-state index in [4.69, 9.17) is 10.5 Å². The van der Waals surface area contributed by atoms with Gasteiger partial charge in [0.1, 0.15) is 0 Å². The molecule has 1 aliphatic heterocycles. The van der Waals surface area contributed by atoms with Crippen molar-refractivity contribution >= 4 is 17.7 Å². The molecule has 0 aliphatic carbocycles. The average molecular weight is 280 g/mol. The van der Waals surface area contributed by atoms with Crippen LogP contribution in [0.2, 0.25) is 0 Å². The molecule has 0 aromatic heterocycles. The molecule has 0 spiro atoms. The van der Waals surface area contributed by atoms with Crippen LogP contribution in [0.15, 0.2) is 29.2 Å². The highest BCUT2D eigenvalue weighted by Crippen LogP contribution is 2.25. The van der Waals surface area contributed by atoms with E-state index >= 15 is 0 Å². The maximum Gasteiger partial charge on any atom is 0.235 e. The molecule has 1 aliphatic rings. The van der Waals surface area contributed by atoms with Gasteiger partial charge < -0.3 is 15.4 Å². The van der Waals surface area contributed by atoms with Gasteiger partial charge in [0.2, 0.25) is 5.91 Å². The molecule has 0 radical (unpaired) electrons. The second-order valence-electron chi connectivity index (χ2n) is 4.55. The molecule has 1 fully saturated rings. The first kappa shape index (κ1) is 14.4. The smallest absolute Gasteiger partial charge is 0.235 e. The van der Waals surface area contributed by atoms with Gasteiger partial charge in [-0.15, -0.1) is 11.8 Å². The zero-order valence-corrected chi connectivity index (χ0v) is 12.0. The molecular weight excluding hydrogens is 260 g/mol. The molecule has 2 N–H and O–H groups in total. The Hall–Kier alpha value is -1.04. The Morgan fingerprint density at radius 2 is 2.21 bits per heavy atom. The average Bonchev–Trinajstić information content (AvgIpc) is 2.47. The normalized spacial score (nSPS) is 17.3. The first-order chi connectivity index (χ1) is 9.20. The third kappa shape index (κ3) is 3.96. The zero-order valence-electron chi connectivity index (χ0n) is 11.2. The number of hydrogen-bond acceptors (Lipinski definition) is 4. The van der Waals surface area contributed by atoms with Gasteiger partial charge in [0, 0.05) is 24.5 Å². The van der Waals surface area contributed by atoms with E-state index in [1.165, 1.54) is 0 Å². The van der Waals surface area contributed by atoms with E-state index in [1.54, 1.807) is 11.8 Å². The molecule has 1 amide bonds. The quantitative estimate of drug-likeness (QED) is 0.849. The number of morpholine rings is 1. The van der Waals surface area contributed by atoms with E-state index in [1.807, 2.05) is 36.1 Å². The summed E-state index contributed by atoms with van der Waals surface area (Å²) in [6.07, 6.45) is 0. The number of ether oxygens (including phenoxy) is 1. The van der Waals surface area contributed by atoms with E-state index in [0.29, 0.717) is 32.8 Å². The standard InChI is InChI=1S/C14H20N2O2S/c1-11(14(17)16-5-7-18-8-6-16)19-13-4-2-3-12(9-13)10-15/h2-4,9,11H,5-8,10,15H2,1H3. The predicted molar refractivity (Wildman–Crippen MR) is 77.1 cm³/mol. The van der Waals surface area contributed by atoms with Crippen LogP contribution in [-0.2, 0) is 16.1 Å². The summed E-state index contributed by atoms with van der Waals surface area (Å²) in [5.74, 6) is 0.187. The summed E-state index contributed by atoms with van der Waals surface area (Å²) in [5, 5.41) is -0.0777. The Labute approximate surface area is 118 Å². The van der Waals surface area contributed by atoms with E-state index in [-0.39, 0.29) is 11.2 Å². The highest BCUT2D eigenvalue weighted by molar-refractivity contribution is 8.00. The summed E-state index contributed by atoms with van der Waals surface area (Å²) < 4.78 is 5.26. The fourth-order valence-electron chi connectivity index (χ4n) is 2.04. The summed E-state index contributed by atoms with van der Waals surface area (Å²) in [6.45, 7) is 5.18. The predicted octanol–water partition coefficient (Wildman–Crippen LogP) is 1.48. The van der Waals surface area contributed by atoms with Gasteiger partial charge in [-0.3, -0.25) is 4.79 Å². The van der Waals surface area contributed by atoms with Crippen LogP contribution in [0.4, 0.5) is 0 Å². The van der Waals surface area contributed by atoms with Crippen molar-refractivity contribution in [2.24, 2.45) is 5.73 Å². The Balaban J connectivity index is 1.95. The molecule has 1 aromatic carbocycles. The second kappa shape index (κ2) is 6.93. The number of carbonyl (C=O) groups excluding carboxylic acids is 1. The fraction of sp³-hybridized carbons (Fsp3) is 0.500. The van der Waals surface area contributed by atoms with Crippen LogP contribution in [0.1, 0.15) is 12.5 Å². The lowest BCUT2D eigenvalue weighted by Crippen LogP contribution is -2.44. The Morgan fingerprint density at radius 1 is 1.47 bits per heavy atom. The first-order valence-corrected chi connectivity index (χ1v) is 7.41. The van der Waals surface area contributed by atoms with Crippen molar-refractivity contribution in [1.29, 1.82) is 0 Å². The molecule has 2 rings (SSSR count). The van der Waals surface area contributed by atoms with Crippen molar-refractivity contribution in [1.82, 2.24) is 4.90 Å². The largest absolute Gasteiger partial charge is 0.378 e. The Bertz CT molecular complexity index is 433. The van der Waals surface area contributed by atoms with Gasteiger partial charge in [-0.1, -0.05) is 12.1 Å². The maximum atomic E-state index is 12.3. The van der Waals surface area contributed by atoms with Crippen LogP contribution < -0.4 is 5.73 Å². The van der Waals surface area contributed by atoms with Gasteiger partial charge in [-0.25, -0.2) is 0 Å². The molecule has 1 saturated heterocycles. The van der Waals surface area contributed by atoms with Crippen LogP contribution in [0.3, 0.4) is 0 Å². The van der Waals surface area contributed by atoms with E-state index in [2.05, 4.69) is 0 Å². The minimum Gasteiger partial charge on any atom is -0.378 e. The van der Waals surface area contributed by atoms with Crippen molar-refractivity contribution in [2.75, 3.05) is 26.3 Å². The number of benzene rings is 1. The van der Waals surface area contributed by atoms with Gasteiger partial charge >= 0.3 is 0 Å². The minimum absolute atomic E-state index is 0.0777. The topological polar surface area (TPSA) is 55.6 Å². The molecule has 5 heteroatoms. The lowest BCUT2D eigenvalue weighted by atomic mass is 10.2. The van der Waals surface area contributed by atoms with Crippen molar-refractivity contribution in [3.63, 3.8) is 0 Å². The highest BCUT2D eigenvalue weighted by atomic mass is 32.2. The summed E-state index contributed by atoms with van der Waals surface area (Å²) in [5.41, 5.74) is 6.72. The van der Waals surface area contributed by atoms with Gasteiger partial charge in [0.15, 0.2) is 0 Å². The molecule has 4 nitrogen and oxygen atoms in total. The van der Waals surface area contributed by atoms with Gasteiger partial charge in [0.05, 0.1) is 18.5 Å². The summed E-state index contributed by atoms with van der Waals surface area (Å²) in [7, 11) is 0. The Morgan fingerprint density at radius 3 is 2.89 bits per heavy atom.